The number of hydrogen-bond donors (Lipinski definition) is 0. The van der Waals surface area contributed by atoms with Crippen LogP contribution in [0.3, 0.4) is 0 Å². The third-order valence-corrected chi connectivity index (χ3v) is 7.53. The Balaban J connectivity index is 1.78. The van der Waals surface area contributed by atoms with Crippen molar-refractivity contribution in [1.82, 2.24) is 9.55 Å². The SMILES string of the molecule is COc1cccc(C)c1-n1c2c(cc(-c3nc(-c4ccc(Cl)cc4)cs3)c1=O)C(=O)CC(C)(C)C2. The molecule has 0 N–H and O–H groups in total. The first-order valence-corrected chi connectivity index (χ1v) is 12.6. The molecule has 0 radical (unpaired) electrons. The fraction of sp³-hybridized carbons (Fsp3) is 0.250. The fourth-order valence-corrected chi connectivity index (χ4v) is 5.70. The van der Waals surface area contributed by atoms with Gasteiger partial charge in [-0.2, -0.15) is 0 Å². The van der Waals surface area contributed by atoms with Gasteiger partial charge in [-0.1, -0.05) is 49.7 Å². The molecule has 4 aromatic rings. The number of aromatic nitrogens is 2. The Hall–Kier alpha value is -3.22. The van der Waals surface area contributed by atoms with Gasteiger partial charge in [-0.3, -0.25) is 14.2 Å². The monoisotopic (exact) mass is 504 g/mol. The molecule has 178 valence electrons. The molecular weight excluding hydrogens is 480 g/mol. The zero-order chi connectivity index (χ0) is 24.9. The van der Waals surface area contributed by atoms with Gasteiger partial charge < -0.3 is 4.74 Å². The van der Waals surface area contributed by atoms with Crippen LogP contribution in [0.1, 0.15) is 41.9 Å². The summed E-state index contributed by atoms with van der Waals surface area (Å²) >= 11 is 7.42. The van der Waals surface area contributed by atoms with E-state index in [1.807, 2.05) is 54.8 Å². The fourth-order valence-electron chi connectivity index (χ4n) is 4.74. The Morgan fingerprint density at radius 1 is 1.06 bits per heavy atom. The lowest BCUT2D eigenvalue weighted by Crippen LogP contribution is -2.35. The smallest absolute Gasteiger partial charge is 0.265 e. The number of hydrogen-bond acceptors (Lipinski definition) is 5. The van der Waals surface area contributed by atoms with Crippen LogP contribution in [-0.2, 0) is 6.42 Å². The minimum atomic E-state index is -0.251. The molecule has 1 aliphatic carbocycles. The van der Waals surface area contributed by atoms with E-state index in [-0.39, 0.29) is 16.8 Å². The van der Waals surface area contributed by atoms with Crippen LogP contribution >= 0.6 is 22.9 Å². The van der Waals surface area contributed by atoms with Crippen LogP contribution in [0, 0.1) is 12.3 Å². The lowest BCUT2D eigenvalue weighted by Gasteiger charge is -2.32. The van der Waals surface area contributed by atoms with E-state index in [1.54, 1.807) is 17.7 Å². The van der Waals surface area contributed by atoms with Crippen molar-refractivity contribution in [2.75, 3.05) is 7.11 Å². The maximum absolute atomic E-state index is 14.1. The normalized spacial score (nSPS) is 14.6. The Kier molecular flexibility index (Phi) is 5.90. The van der Waals surface area contributed by atoms with Gasteiger partial charge in [0.2, 0.25) is 0 Å². The molecule has 0 fully saturated rings. The van der Waals surface area contributed by atoms with Crippen molar-refractivity contribution in [3.8, 4) is 33.3 Å². The van der Waals surface area contributed by atoms with Gasteiger partial charge >= 0.3 is 0 Å². The van der Waals surface area contributed by atoms with Gasteiger partial charge in [-0.25, -0.2) is 4.98 Å². The number of para-hydroxylation sites is 1. The minimum absolute atomic E-state index is 0.0354. The predicted molar refractivity (Wildman–Crippen MR) is 141 cm³/mol. The summed E-state index contributed by atoms with van der Waals surface area (Å²) in [5.74, 6) is 0.622. The summed E-state index contributed by atoms with van der Waals surface area (Å²) in [7, 11) is 1.59. The molecule has 0 saturated carbocycles. The van der Waals surface area contributed by atoms with Crippen molar-refractivity contribution in [3.63, 3.8) is 0 Å². The van der Waals surface area contributed by atoms with Crippen molar-refractivity contribution in [2.45, 2.75) is 33.6 Å². The number of ketones is 1. The molecule has 2 aromatic carbocycles. The lowest BCUT2D eigenvalue weighted by atomic mass is 9.75. The molecule has 0 saturated heterocycles. The van der Waals surface area contributed by atoms with Crippen molar-refractivity contribution >= 4 is 28.7 Å². The Bertz CT molecular complexity index is 1520. The van der Waals surface area contributed by atoms with Crippen LogP contribution in [0.5, 0.6) is 5.75 Å². The number of methoxy groups -OCH3 is 1. The van der Waals surface area contributed by atoms with Crippen molar-refractivity contribution in [2.24, 2.45) is 5.41 Å². The molecule has 0 bridgehead atoms. The first-order chi connectivity index (χ1) is 16.7. The number of fused-ring (bicyclic) bond motifs is 1. The number of benzene rings is 2. The molecule has 5 nitrogen and oxygen atoms in total. The van der Waals surface area contributed by atoms with Gasteiger partial charge in [0.05, 0.1) is 24.1 Å². The predicted octanol–water partition coefficient (Wildman–Crippen LogP) is 6.75. The maximum atomic E-state index is 14.1. The number of rotatable bonds is 4. The summed E-state index contributed by atoms with van der Waals surface area (Å²) in [5.41, 5.74) is 4.47. The number of carbonyl (C=O) groups excluding carboxylic acids is 1. The molecule has 0 atom stereocenters. The summed E-state index contributed by atoms with van der Waals surface area (Å²) in [4.78, 5) is 32.2. The van der Waals surface area contributed by atoms with E-state index in [4.69, 9.17) is 21.3 Å². The minimum Gasteiger partial charge on any atom is -0.495 e. The average molecular weight is 505 g/mol. The molecule has 2 aromatic heterocycles. The van der Waals surface area contributed by atoms with Gasteiger partial charge in [0.15, 0.2) is 5.78 Å². The van der Waals surface area contributed by atoms with Gasteiger partial charge in [0.25, 0.3) is 5.56 Å². The van der Waals surface area contributed by atoms with Gasteiger partial charge in [0.1, 0.15) is 10.8 Å². The summed E-state index contributed by atoms with van der Waals surface area (Å²) in [6.45, 7) is 6.07. The summed E-state index contributed by atoms with van der Waals surface area (Å²) in [6.07, 6.45) is 1.03. The highest BCUT2D eigenvalue weighted by Crippen LogP contribution is 2.39. The molecule has 1 aliphatic rings. The first kappa shape index (κ1) is 23.5. The Labute approximate surface area is 213 Å². The maximum Gasteiger partial charge on any atom is 0.265 e. The van der Waals surface area contributed by atoms with Crippen molar-refractivity contribution in [3.05, 3.63) is 86.1 Å². The van der Waals surface area contributed by atoms with Gasteiger partial charge in [-0.05, 0) is 48.6 Å². The van der Waals surface area contributed by atoms with Crippen LogP contribution in [0.4, 0.5) is 0 Å². The van der Waals surface area contributed by atoms with E-state index in [0.717, 1.165) is 22.5 Å². The van der Waals surface area contributed by atoms with Crippen LogP contribution in [0.2, 0.25) is 5.02 Å². The van der Waals surface area contributed by atoms with Crippen molar-refractivity contribution in [1.29, 1.82) is 0 Å². The van der Waals surface area contributed by atoms with E-state index in [1.165, 1.54) is 11.3 Å². The molecule has 0 amide bonds. The standard InChI is InChI=1S/C28H25ClN2O3S/c1-16-6-5-7-24(34-4)25(16)31-22-13-28(2,3)14-23(32)19(22)12-20(27(31)33)26-30-21(15-35-26)17-8-10-18(29)11-9-17/h5-12,15H,13-14H2,1-4H3. The van der Waals surface area contributed by atoms with E-state index < -0.39 is 0 Å². The Morgan fingerprint density at radius 2 is 1.80 bits per heavy atom. The number of ether oxygens (including phenoxy) is 1. The number of halogens is 1. The van der Waals surface area contributed by atoms with E-state index in [2.05, 4.69) is 13.8 Å². The molecule has 0 spiro atoms. The summed E-state index contributed by atoms with van der Waals surface area (Å²) in [6, 6.07) is 14.8. The van der Waals surface area contributed by atoms with Crippen LogP contribution in [0.15, 0.2) is 58.7 Å². The molecule has 0 aliphatic heterocycles. The number of aryl methyl sites for hydroxylation is 1. The quantitative estimate of drug-likeness (QED) is 0.308. The number of carbonyl (C=O) groups is 1. The highest BCUT2D eigenvalue weighted by Gasteiger charge is 2.35. The number of Topliss-reactive ketones (excluding diaryl/α,β-unsaturated/α-hetero) is 1. The topological polar surface area (TPSA) is 61.2 Å². The van der Waals surface area contributed by atoms with E-state index in [0.29, 0.717) is 45.4 Å². The molecule has 2 heterocycles. The third kappa shape index (κ3) is 4.21. The van der Waals surface area contributed by atoms with Crippen LogP contribution < -0.4 is 10.3 Å². The van der Waals surface area contributed by atoms with Crippen LogP contribution in [0.25, 0.3) is 27.5 Å². The number of nitrogens with zero attached hydrogens (tertiary/aromatic N) is 2. The molecule has 7 heteroatoms. The molecule has 35 heavy (non-hydrogen) atoms. The lowest BCUT2D eigenvalue weighted by molar-refractivity contribution is 0.0909. The molecular formula is C28H25ClN2O3S. The third-order valence-electron chi connectivity index (χ3n) is 6.41. The number of thiazole rings is 1. The zero-order valence-corrected chi connectivity index (χ0v) is 21.6. The summed E-state index contributed by atoms with van der Waals surface area (Å²) in [5, 5.41) is 3.14. The highest BCUT2D eigenvalue weighted by atomic mass is 35.5. The zero-order valence-electron chi connectivity index (χ0n) is 20.0. The Morgan fingerprint density at radius 3 is 2.51 bits per heavy atom. The second-order valence-electron chi connectivity index (χ2n) is 9.67. The molecule has 5 rings (SSSR count). The van der Waals surface area contributed by atoms with Gasteiger partial charge in [-0.15, -0.1) is 11.3 Å². The van der Waals surface area contributed by atoms with Gasteiger partial charge in [0, 0.05) is 33.6 Å². The largest absolute Gasteiger partial charge is 0.495 e. The van der Waals surface area contributed by atoms with Crippen molar-refractivity contribution < 1.29 is 9.53 Å². The second kappa shape index (κ2) is 8.77. The summed E-state index contributed by atoms with van der Waals surface area (Å²) < 4.78 is 7.34. The first-order valence-electron chi connectivity index (χ1n) is 11.4. The second-order valence-corrected chi connectivity index (χ2v) is 11.0. The van der Waals surface area contributed by atoms with E-state index >= 15 is 0 Å². The molecule has 0 unspecified atom stereocenters. The number of pyridine rings is 1. The average Bonchev–Trinajstić information content (AvgIpc) is 3.29. The van der Waals surface area contributed by atoms with Crippen LogP contribution in [-0.4, -0.2) is 22.4 Å². The highest BCUT2D eigenvalue weighted by molar-refractivity contribution is 7.13. The van der Waals surface area contributed by atoms with E-state index in [9.17, 15) is 9.59 Å².